The Morgan fingerprint density at radius 1 is 1.38 bits per heavy atom. The summed E-state index contributed by atoms with van der Waals surface area (Å²) in [5.41, 5.74) is 7.04. The van der Waals surface area contributed by atoms with E-state index in [1.807, 2.05) is 13.8 Å². The second kappa shape index (κ2) is 8.27. The Bertz CT molecular complexity index is 664. The molecule has 26 heavy (non-hydrogen) atoms. The average molecular weight is 363 g/mol. The average Bonchev–Trinajstić information content (AvgIpc) is 3.10. The summed E-state index contributed by atoms with van der Waals surface area (Å²) in [4.78, 5) is 27.0. The number of likely N-dealkylation sites (N-methyl/N-ethyl adjacent to an activating group) is 1. The highest BCUT2D eigenvalue weighted by atomic mass is 16.5. The van der Waals surface area contributed by atoms with Crippen molar-refractivity contribution in [3.63, 3.8) is 0 Å². The molecular weight excluding hydrogens is 334 g/mol. The van der Waals surface area contributed by atoms with Crippen LogP contribution in [0.5, 0.6) is 5.75 Å². The van der Waals surface area contributed by atoms with Crippen LogP contribution in [0.1, 0.15) is 26.7 Å². The molecule has 0 aromatic heterocycles. The lowest BCUT2D eigenvalue weighted by Crippen LogP contribution is -2.57. The highest BCUT2D eigenvalue weighted by Gasteiger charge is 2.40. The summed E-state index contributed by atoms with van der Waals surface area (Å²) >= 11 is 0. The van der Waals surface area contributed by atoms with Gasteiger partial charge in [0.2, 0.25) is 11.8 Å². The Hall–Kier alpha value is -2.48. The summed E-state index contributed by atoms with van der Waals surface area (Å²) in [5, 5.41) is 4.02. The van der Waals surface area contributed by atoms with Gasteiger partial charge in [-0.25, -0.2) is 5.84 Å². The van der Waals surface area contributed by atoms with Crippen LogP contribution in [0.2, 0.25) is 0 Å². The fraction of sp³-hybridized carbons (Fsp3) is 0.556. The number of para-hydroxylation sites is 1. The molecule has 0 saturated carbocycles. The van der Waals surface area contributed by atoms with Gasteiger partial charge in [0.25, 0.3) is 0 Å². The van der Waals surface area contributed by atoms with Crippen LogP contribution in [-0.2, 0) is 9.59 Å². The van der Waals surface area contributed by atoms with E-state index < -0.39 is 12.1 Å². The molecule has 1 fully saturated rings. The van der Waals surface area contributed by atoms with E-state index in [1.54, 1.807) is 30.1 Å². The molecule has 1 aliphatic rings. The van der Waals surface area contributed by atoms with Crippen LogP contribution in [-0.4, -0.2) is 49.5 Å². The first-order valence-electron chi connectivity index (χ1n) is 8.81. The normalized spacial score (nSPS) is 17.9. The molecule has 5 N–H and O–H groups in total. The number of methoxy groups -OCH3 is 1. The van der Waals surface area contributed by atoms with Crippen LogP contribution < -0.4 is 26.6 Å². The molecule has 0 radical (unpaired) electrons. The highest BCUT2D eigenvalue weighted by molar-refractivity contribution is 5.92. The largest absolute Gasteiger partial charge is 0.495 e. The number of nitrogen functional groups attached to an aromatic ring is 1. The number of likely N-dealkylation sites (tertiary alicyclic amines) is 1. The third-order valence-electron chi connectivity index (χ3n) is 4.81. The Morgan fingerprint density at radius 2 is 2.08 bits per heavy atom. The van der Waals surface area contributed by atoms with E-state index in [0.29, 0.717) is 30.1 Å². The number of amides is 2. The monoisotopic (exact) mass is 363 g/mol. The van der Waals surface area contributed by atoms with Crippen LogP contribution in [0.15, 0.2) is 18.2 Å². The predicted molar refractivity (Wildman–Crippen MR) is 102 cm³/mol. The number of rotatable bonds is 6. The van der Waals surface area contributed by atoms with Crippen molar-refractivity contribution < 1.29 is 14.3 Å². The molecular formula is C18H29N5O3. The van der Waals surface area contributed by atoms with Gasteiger partial charge in [-0.1, -0.05) is 19.9 Å². The smallest absolute Gasteiger partial charge is 0.247 e. The molecule has 1 saturated heterocycles. The van der Waals surface area contributed by atoms with Crippen molar-refractivity contribution in [2.24, 2.45) is 11.8 Å². The number of nitrogens with zero attached hydrogens (tertiary/aromatic N) is 2. The molecule has 1 aromatic rings. The van der Waals surface area contributed by atoms with Crippen molar-refractivity contribution in [1.82, 2.24) is 10.2 Å². The Morgan fingerprint density at radius 3 is 2.65 bits per heavy atom. The molecule has 1 heterocycles. The maximum Gasteiger partial charge on any atom is 0.247 e. The number of anilines is 2. The van der Waals surface area contributed by atoms with E-state index in [4.69, 9.17) is 16.3 Å². The SMILES string of the molecule is CNC(=O)C1CCCN1C(=O)C(C(C)C)N(N)c1cccc(OC)c1N. The Kier molecular flexibility index (Phi) is 6.31. The van der Waals surface area contributed by atoms with Gasteiger partial charge >= 0.3 is 0 Å². The lowest BCUT2D eigenvalue weighted by molar-refractivity contribution is -0.140. The zero-order valence-electron chi connectivity index (χ0n) is 15.9. The first-order chi connectivity index (χ1) is 12.3. The van der Waals surface area contributed by atoms with Crippen molar-refractivity contribution in [1.29, 1.82) is 0 Å². The number of carbonyl (C=O) groups excluding carboxylic acids is 2. The molecule has 144 valence electrons. The first-order valence-corrected chi connectivity index (χ1v) is 8.81. The van der Waals surface area contributed by atoms with Crippen molar-refractivity contribution in [2.45, 2.75) is 38.8 Å². The minimum absolute atomic E-state index is 0.0796. The Labute approximate surface area is 154 Å². The lowest BCUT2D eigenvalue weighted by Gasteiger charge is -2.36. The van der Waals surface area contributed by atoms with Crippen LogP contribution in [0.25, 0.3) is 0 Å². The fourth-order valence-electron chi connectivity index (χ4n) is 3.45. The van der Waals surface area contributed by atoms with Crippen LogP contribution >= 0.6 is 0 Å². The van der Waals surface area contributed by atoms with Crippen molar-refractivity contribution in [2.75, 3.05) is 31.4 Å². The molecule has 0 bridgehead atoms. The number of hydrazine groups is 1. The van der Waals surface area contributed by atoms with E-state index in [1.165, 1.54) is 12.1 Å². The zero-order valence-corrected chi connectivity index (χ0v) is 15.9. The van der Waals surface area contributed by atoms with Crippen molar-refractivity contribution in [3.8, 4) is 5.75 Å². The molecule has 2 amide bonds. The first kappa shape index (κ1) is 19.8. The van der Waals surface area contributed by atoms with Gasteiger partial charge in [0, 0.05) is 13.6 Å². The van der Waals surface area contributed by atoms with Crippen LogP contribution in [0, 0.1) is 5.92 Å². The number of carbonyl (C=O) groups is 2. The van der Waals surface area contributed by atoms with Gasteiger partial charge in [0.15, 0.2) is 0 Å². The second-order valence-corrected chi connectivity index (χ2v) is 6.79. The standard InChI is InChI=1S/C18H29N5O3/c1-11(2)16(18(25)22-10-6-8-13(22)17(24)21-3)23(20)12-7-5-9-14(26-4)15(12)19/h5,7,9,11,13,16H,6,8,10,19-20H2,1-4H3,(H,21,24). The van der Waals surface area contributed by atoms with Gasteiger partial charge in [0.05, 0.1) is 18.5 Å². The Balaban J connectivity index is 2.33. The molecule has 0 aliphatic carbocycles. The van der Waals surface area contributed by atoms with Gasteiger partial charge in [0.1, 0.15) is 17.8 Å². The summed E-state index contributed by atoms with van der Waals surface area (Å²) in [6, 6.07) is 4.16. The topological polar surface area (TPSA) is 114 Å². The number of nitrogens with two attached hydrogens (primary N) is 2. The van der Waals surface area contributed by atoms with Crippen molar-refractivity contribution in [3.05, 3.63) is 18.2 Å². The molecule has 1 aromatic carbocycles. The summed E-state index contributed by atoms with van der Waals surface area (Å²) in [7, 11) is 3.11. The molecule has 2 rings (SSSR count). The highest BCUT2D eigenvalue weighted by Crippen LogP contribution is 2.33. The number of benzene rings is 1. The molecule has 8 heteroatoms. The molecule has 2 unspecified atom stereocenters. The number of hydrogen-bond donors (Lipinski definition) is 3. The van der Waals surface area contributed by atoms with Gasteiger partial charge < -0.3 is 20.7 Å². The molecule has 8 nitrogen and oxygen atoms in total. The lowest BCUT2D eigenvalue weighted by atomic mass is 10.0. The second-order valence-electron chi connectivity index (χ2n) is 6.79. The summed E-state index contributed by atoms with van der Waals surface area (Å²) in [5.74, 6) is 6.43. The number of hydrogen-bond acceptors (Lipinski definition) is 6. The van der Waals surface area contributed by atoms with Gasteiger partial charge in [-0.05, 0) is 30.9 Å². The maximum atomic E-state index is 13.3. The number of ether oxygens (including phenoxy) is 1. The summed E-state index contributed by atoms with van der Waals surface area (Å²) in [6.45, 7) is 4.38. The van der Waals surface area contributed by atoms with E-state index >= 15 is 0 Å². The third-order valence-corrected chi connectivity index (χ3v) is 4.81. The summed E-state index contributed by atoms with van der Waals surface area (Å²) < 4.78 is 5.24. The molecule has 0 spiro atoms. The number of nitrogens with one attached hydrogen (secondary N) is 1. The minimum atomic E-state index is -0.644. The van der Waals surface area contributed by atoms with Crippen LogP contribution in [0.3, 0.4) is 0 Å². The molecule has 1 aliphatic heterocycles. The minimum Gasteiger partial charge on any atom is -0.495 e. The van der Waals surface area contributed by atoms with Crippen molar-refractivity contribution >= 4 is 23.2 Å². The predicted octanol–water partition coefficient (Wildman–Crippen LogP) is 0.719. The van der Waals surface area contributed by atoms with Gasteiger partial charge in [-0.15, -0.1) is 0 Å². The van der Waals surface area contributed by atoms with E-state index in [9.17, 15) is 9.59 Å². The van der Waals surface area contributed by atoms with E-state index in [-0.39, 0.29) is 17.7 Å². The van der Waals surface area contributed by atoms with Gasteiger partial charge in [-0.3, -0.25) is 14.6 Å². The zero-order chi connectivity index (χ0) is 19.4. The van der Waals surface area contributed by atoms with Gasteiger partial charge in [-0.2, -0.15) is 0 Å². The van der Waals surface area contributed by atoms with E-state index in [2.05, 4.69) is 5.32 Å². The van der Waals surface area contributed by atoms with E-state index in [0.717, 1.165) is 6.42 Å². The maximum absolute atomic E-state index is 13.3. The molecule has 2 atom stereocenters. The summed E-state index contributed by atoms with van der Waals surface area (Å²) in [6.07, 6.45) is 1.45. The van der Waals surface area contributed by atoms with Crippen LogP contribution in [0.4, 0.5) is 11.4 Å². The third kappa shape index (κ3) is 3.70. The fourth-order valence-corrected chi connectivity index (χ4v) is 3.45. The quantitative estimate of drug-likeness (QED) is 0.390.